The van der Waals surface area contributed by atoms with E-state index in [0.717, 1.165) is 30.8 Å². The molecule has 0 spiro atoms. The van der Waals surface area contributed by atoms with Crippen molar-refractivity contribution in [3.63, 3.8) is 0 Å². The Morgan fingerprint density at radius 3 is 2.50 bits per heavy atom. The monoisotopic (exact) mass is 272 g/mol. The summed E-state index contributed by atoms with van der Waals surface area (Å²) in [7, 11) is 1.96. The van der Waals surface area contributed by atoms with Crippen molar-refractivity contribution in [1.82, 2.24) is 20.1 Å². The van der Waals surface area contributed by atoms with E-state index in [1.54, 1.807) is 0 Å². The normalized spacial score (nSPS) is 12.6. The van der Waals surface area contributed by atoms with Gasteiger partial charge in [0.1, 0.15) is 0 Å². The second-order valence-corrected chi connectivity index (χ2v) is 5.42. The summed E-state index contributed by atoms with van der Waals surface area (Å²) in [5.41, 5.74) is 4.73. The molecule has 2 rings (SSSR count). The third-order valence-corrected chi connectivity index (χ3v) is 3.35. The van der Waals surface area contributed by atoms with Crippen molar-refractivity contribution in [2.24, 2.45) is 7.05 Å². The summed E-state index contributed by atoms with van der Waals surface area (Å²) in [5, 5.41) is 7.89. The van der Waals surface area contributed by atoms with Crippen molar-refractivity contribution in [3.05, 3.63) is 47.0 Å². The van der Waals surface area contributed by atoms with Crippen LogP contribution < -0.4 is 5.32 Å². The number of hydrogen-bond acceptors (Lipinski definition) is 3. The highest BCUT2D eigenvalue weighted by Gasteiger charge is 2.13. The molecule has 4 heteroatoms. The van der Waals surface area contributed by atoms with E-state index in [4.69, 9.17) is 0 Å². The van der Waals surface area contributed by atoms with Crippen LogP contribution >= 0.6 is 0 Å². The molecular weight excluding hydrogens is 248 g/mol. The number of aryl methyl sites for hydroxylation is 3. The summed E-state index contributed by atoms with van der Waals surface area (Å²) < 4.78 is 1.86. The van der Waals surface area contributed by atoms with Gasteiger partial charge in [-0.25, -0.2) is 0 Å². The first-order chi connectivity index (χ1) is 9.58. The maximum Gasteiger partial charge on any atom is 0.0522 e. The zero-order valence-electron chi connectivity index (χ0n) is 12.8. The highest BCUT2D eigenvalue weighted by Crippen LogP contribution is 2.20. The van der Waals surface area contributed by atoms with Gasteiger partial charge in [0, 0.05) is 30.7 Å². The number of hydrogen-bond donors (Lipinski definition) is 1. The van der Waals surface area contributed by atoms with Crippen LogP contribution in [-0.4, -0.2) is 21.3 Å². The minimum Gasteiger partial charge on any atom is -0.310 e. The van der Waals surface area contributed by atoms with Crippen LogP contribution in [0.4, 0.5) is 0 Å². The number of nitrogens with one attached hydrogen (secondary N) is 1. The van der Waals surface area contributed by atoms with Crippen molar-refractivity contribution in [3.8, 4) is 0 Å². The molecule has 0 aliphatic rings. The standard InChI is InChI=1S/C16H24N4/c1-5-6-17-16(9-14-10-18-20(4)11-14)15-7-12(2)19-13(3)8-15/h7-8,10-11,16-17H,5-6,9H2,1-4H3. The summed E-state index contributed by atoms with van der Waals surface area (Å²) >= 11 is 0. The van der Waals surface area contributed by atoms with Crippen LogP contribution in [-0.2, 0) is 13.5 Å². The van der Waals surface area contributed by atoms with Gasteiger partial charge in [0.25, 0.3) is 0 Å². The Morgan fingerprint density at radius 1 is 1.25 bits per heavy atom. The third-order valence-electron chi connectivity index (χ3n) is 3.35. The summed E-state index contributed by atoms with van der Waals surface area (Å²) in [6.07, 6.45) is 6.12. The first-order valence-electron chi connectivity index (χ1n) is 7.24. The smallest absolute Gasteiger partial charge is 0.0522 e. The number of pyridine rings is 1. The Balaban J connectivity index is 2.21. The lowest BCUT2D eigenvalue weighted by molar-refractivity contribution is 0.528. The van der Waals surface area contributed by atoms with Gasteiger partial charge in [-0.3, -0.25) is 9.67 Å². The fourth-order valence-electron chi connectivity index (χ4n) is 2.51. The molecule has 0 saturated carbocycles. The summed E-state index contributed by atoms with van der Waals surface area (Å²) in [5.74, 6) is 0. The Bertz CT molecular complexity index is 539. The van der Waals surface area contributed by atoms with Gasteiger partial charge in [-0.15, -0.1) is 0 Å². The Kier molecular flexibility index (Phi) is 4.90. The Hall–Kier alpha value is -1.68. The molecule has 1 unspecified atom stereocenters. The predicted octanol–water partition coefficient (Wildman–Crippen LogP) is 2.72. The molecule has 108 valence electrons. The van der Waals surface area contributed by atoms with Gasteiger partial charge in [-0.1, -0.05) is 6.92 Å². The van der Waals surface area contributed by atoms with Gasteiger partial charge in [-0.2, -0.15) is 5.10 Å². The zero-order valence-corrected chi connectivity index (χ0v) is 12.8. The fourth-order valence-corrected chi connectivity index (χ4v) is 2.51. The highest BCUT2D eigenvalue weighted by molar-refractivity contribution is 5.25. The second kappa shape index (κ2) is 6.66. The minimum absolute atomic E-state index is 0.319. The second-order valence-electron chi connectivity index (χ2n) is 5.42. The van der Waals surface area contributed by atoms with E-state index in [2.05, 4.69) is 54.5 Å². The number of aromatic nitrogens is 3. The maximum atomic E-state index is 4.46. The first-order valence-corrected chi connectivity index (χ1v) is 7.24. The molecule has 1 atom stereocenters. The van der Waals surface area contributed by atoms with Crippen molar-refractivity contribution in [2.45, 2.75) is 39.7 Å². The lowest BCUT2D eigenvalue weighted by Gasteiger charge is -2.19. The minimum atomic E-state index is 0.319. The molecule has 2 aromatic heterocycles. The van der Waals surface area contributed by atoms with Crippen LogP contribution in [0.15, 0.2) is 24.5 Å². The molecule has 0 aliphatic heterocycles. The van der Waals surface area contributed by atoms with Gasteiger partial charge in [0.15, 0.2) is 0 Å². The average molecular weight is 272 g/mol. The molecule has 0 aromatic carbocycles. The van der Waals surface area contributed by atoms with E-state index < -0.39 is 0 Å². The summed E-state index contributed by atoms with van der Waals surface area (Å²) in [6.45, 7) is 7.32. The molecule has 2 aromatic rings. The Labute approximate surface area is 121 Å². The van der Waals surface area contributed by atoms with Crippen molar-refractivity contribution in [1.29, 1.82) is 0 Å². The Morgan fingerprint density at radius 2 is 1.95 bits per heavy atom. The van der Waals surface area contributed by atoms with Gasteiger partial charge in [0.2, 0.25) is 0 Å². The number of nitrogens with zero attached hydrogens (tertiary/aromatic N) is 3. The van der Waals surface area contributed by atoms with Gasteiger partial charge in [-0.05, 0) is 56.5 Å². The zero-order chi connectivity index (χ0) is 14.5. The lowest BCUT2D eigenvalue weighted by atomic mass is 10.00. The quantitative estimate of drug-likeness (QED) is 0.879. The highest BCUT2D eigenvalue weighted by atomic mass is 15.2. The van der Waals surface area contributed by atoms with E-state index in [1.165, 1.54) is 11.1 Å². The van der Waals surface area contributed by atoms with Crippen LogP contribution in [0.5, 0.6) is 0 Å². The van der Waals surface area contributed by atoms with Gasteiger partial charge >= 0.3 is 0 Å². The molecule has 2 heterocycles. The molecular formula is C16H24N4. The van der Waals surface area contributed by atoms with Crippen molar-refractivity contribution in [2.75, 3.05) is 6.54 Å². The van der Waals surface area contributed by atoms with Crippen LogP contribution in [0.25, 0.3) is 0 Å². The molecule has 0 amide bonds. The molecule has 0 aliphatic carbocycles. The van der Waals surface area contributed by atoms with Gasteiger partial charge in [0.05, 0.1) is 6.20 Å². The van der Waals surface area contributed by atoms with Crippen LogP contribution in [0.2, 0.25) is 0 Å². The maximum absolute atomic E-state index is 4.46. The molecule has 0 radical (unpaired) electrons. The van der Waals surface area contributed by atoms with E-state index in [9.17, 15) is 0 Å². The van der Waals surface area contributed by atoms with Crippen LogP contribution in [0.1, 0.15) is 41.9 Å². The van der Waals surface area contributed by atoms with E-state index >= 15 is 0 Å². The molecule has 0 bridgehead atoms. The first kappa shape index (κ1) is 14.7. The predicted molar refractivity (Wildman–Crippen MR) is 81.7 cm³/mol. The molecule has 1 N–H and O–H groups in total. The van der Waals surface area contributed by atoms with E-state index in [0.29, 0.717) is 6.04 Å². The van der Waals surface area contributed by atoms with Crippen molar-refractivity contribution >= 4 is 0 Å². The number of rotatable bonds is 6. The summed E-state index contributed by atoms with van der Waals surface area (Å²) in [4.78, 5) is 4.46. The lowest BCUT2D eigenvalue weighted by Crippen LogP contribution is -2.24. The van der Waals surface area contributed by atoms with Crippen LogP contribution in [0.3, 0.4) is 0 Å². The molecule has 20 heavy (non-hydrogen) atoms. The average Bonchev–Trinajstić information content (AvgIpc) is 2.79. The van der Waals surface area contributed by atoms with Crippen molar-refractivity contribution < 1.29 is 0 Å². The molecule has 0 fully saturated rings. The molecule has 0 saturated heterocycles. The largest absolute Gasteiger partial charge is 0.310 e. The SMILES string of the molecule is CCCNC(Cc1cnn(C)c1)c1cc(C)nc(C)c1. The van der Waals surface area contributed by atoms with E-state index in [1.807, 2.05) is 17.9 Å². The molecule has 4 nitrogen and oxygen atoms in total. The van der Waals surface area contributed by atoms with Gasteiger partial charge < -0.3 is 5.32 Å². The summed E-state index contributed by atoms with van der Waals surface area (Å²) in [6, 6.07) is 4.67. The topological polar surface area (TPSA) is 42.7 Å². The fraction of sp³-hybridized carbons (Fsp3) is 0.500. The third kappa shape index (κ3) is 3.90. The van der Waals surface area contributed by atoms with Crippen LogP contribution in [0, 0.1) is 13.8 Å². The van der Waals surface area contributed by atoms with E-state index in [-0.39, 0.29) is 0 Å².